The summed E-state index contributed by atoms with van der Waals surface area (Å²) >= 11 is 0. The van der Waals surface area contributed by atoms with E-state index in [1.165, 1.54) is 37.1 Å². The van der Waals surface area contributed by atoms with E-state index in [-0.39, 0.29) is 41.6 Å². The first-order valence-corrected chi connectivity index (χ1v) is 15.2. The van der Waals surface area contributed by atoms with Crippen LogP contribution >= 0.6 is 0 Å². The van der Waals surface area contributed by atoms with Crippen LogP contribution in [0, 0.1) is 36.4 Å². The van der Waals surface area contributed by atoms with Crippen molar-refractivity contribution < 1.29 is 27.2 Å². The molecule has 2 saturated heterocycles. The van der Waals surface area contributed by atoms with Crippen molar-refractivity contribution in [2.24, 2.45) is 0 Å². The highest BCUT2D eigenvalue weighted by Gasteiger charge is 2.51. The van der Waals surface area contributed by atoms with Gasteiger partial charge in [0.25, 0.3) is 0 Å². The maximum atomic E-state index is 15.5. The van der Waals surface area contributed by atoms with Crippen LogP contribution in [0.4, 0.5) is 34.8 Å². The topological polar surface area (TPSA) is 99.0 Å². The molecule has 1 aromatic heterocycles. The second-order valence-corrected chi connectivity index (χ2v) is 12.1. The number of piperazine rings is 1. The van der Waals surface area contributed by atoms with Gasteiger partial charge >= 0.3 is 6.18 Å². The summed E-state index contributed by atoms with van der Waals surface area (Å²) in [5.41, 5.74) is -1.56. The van der Waals surface area contributed by atoms with E-state index in [0.717, 1.165) is 6.07 Å². The van der Waals surface area contributed by atoms with E-state index in [9.17, 15) is 28.0 Å². The average molecular weight is 653 g/mol. The number of para-hydroxylation sites is 1. The number of amides is 2. The molecule has 3 aliphatic rings. The first kappa shape index (κ1) is 33.7. The molecule has 1 N–H and O–H groups in total. The van der Waals surface area contributed by atoms with Gasteiger partial charge in [-0.2, -0.15) is 18.4 Å². The van der Waals surface area contributed by atoms with Crippen molar-refractivity contribution in [2.45, 2.75) is 31.1 Å². The van der Waals surface area contributed by atoms with Gasteiger partial charge in [0.15, 0.2) is 0 Å². The lowest BCUT2D eigenvalue weighted by atomic mass is 9.84. The predicted molar refractivity (Wildman–Crippen MR) is 169 cm³/mol. The molecule has 5 rings (SSSR count). The molecule has 1 spiro atoms. The smallest absolute Gasteiger partial charge is 0.366 e. The SMILES string of the molecule is C#CCN1CCN(CCN2CCC(Nc3nc(C)cc(C(F)(F)F)c3C#N)C(=O)N(C)c3cccc(F)c32)CC12CN(C(=O)C=C)C2. The molecule has 0 radical (unpaired) electrons. The van der Waals surface area contributed by atoms with Crippen molar-refractivity contribution in [3.63, 3.8) is 0 Å². The molecule has 14 heteroatoms. The number of likely N-dealkylation sites (N-methyl/N-ethyl adjacent to an activating group) is 1. The molecule has 1 atom stereocenters. The minimum absolute atomic E-state index is 0.0306. The van der Waals surface area contributed by atoms with Crippen LogP contribution in [0.25, 0.3) is 0 Å². The standard InChI is InChI=1S/C33H36F4N8O2/c1-5-11-45-16-14-42(19-32(45)20-44(21-32)28(46)6-2)13-15-43-12-10-26(31(47)41(4)27-9-7-8-25(34)29(27)43)40-30-23(18-38)24(33(35,36)37)17-22(3)39-30/h1,6-9,17,26H,2,10-16,19-21H2,3-4H3,(H,39,40). The number of benzene rings is 1. The first-order valence-electron chi connectivity index (χ1n) is 15.2. The Morgan fingerprint density at radius 2 is 1.98 bits per heavy atom. The highest BCUT2D eigenvalue weighted by atomic mass is 19.4. The first-order chi connectivity index (χ1) is 22.3. The number of terminal acetylenes is 1. The van der Waals surface area contributed by atoms with Crippen molar-refractivity contribution in [1.82, 2.24) is 19.7 Å². The second-order valence-electron chi connectivity index (χ2n) is 12.1. The van der Waals surface area contributed by atoms with E-state index in [4.69, 9.17) is 6.42 Å². The molecule has 47 heavy (non-hydrogen) atoms. The molecule has 0 aliphatic carbocycles. The zero-order valence-electron chi connectivity index (χ0n) is 26.3. The lowest BCUT2D eigenvalue weighted by Crippen LogP contribution is -2.77. The number of hydrogen-bond acceptors (Lipinski definition) is 8. The van der Waals surface area contributed by atoms with E-state index < -0.39 is 35.1 Å². The van der Waals surface area contributed by atoms with Gasteiger partial charge in [0, 0.05) is 65.1 Å². The number of nitrogens with one attached hydrogen (secondary N) is 1. The quantitative estimate of drug-likeness (QED) is 0.277. The molecule has 2 amide bonds. The Balaban J connectivity index is 1.38. The van der Waals surface area contributed by atoms with Gasteiger partial charge in [-0.05, 0) is 37.6 Å². The lowest BCUT2D eigenvalue weighted by Gasteiger charge is -2.59. The van der Waals surface area contributed by atoms with Gasteiger partial charge in [-0.1, -0.05) is 18.6 Å². The number of likely N-dealkylation sites (tertiary alicyclic amines) is 1. The average Bonchev–Trinajstić information content (AvgIpc) is 3.01. The van der Waals surface area contributed by atoms with Crippen LogP contribution in [0.3, 0.4) is 0 Å². The highest BCUT2D eigenvalue weighted by molar-refractivity contribution is 6.01. The molecule has 248 valence electrons. The number of pyridine rings is 1. The van der Waals surface area contributed by atoms with Gasteiger partial charge in [-0.3, -0.25) is 19.4 Å². The van der Waals surface area contributed by atoms with Crippen LogP contribution < -0.4 is 15.1 Å². The zero-order valence-corrected chi connectivity index (χ0v) is 26.3. The monoisotopic (exact) mass is 652 g/mol. The number of halogens is 4. The maximum Gasteiger partial charge on any atom is 0.417 e. The third-order valence-electron chi connectivity index (χ3n) is 9.13. The molecular weight excluding hydrogens is 616 g/mol. The molecule has 2 fully saturated rings. The molecule has 2 aromatic rings. The van der Waals surface area contributed by atoms with Gasteiger partial charge in [-0.25, -0.2) is 9.37 Å². The third kappa shape index (κ3) is 6.62. The van der Waals surface area contributed by atoms with Crippen LogP contribution in [0.2, 0.25) is 0 Å². The molecular formula is C33H36F4N8O2. The number of hydrogen-bond donors (Lipinski definition) is 1. The second kappa shape index (κ2) is 13.2. The van der Waals surface area contributed by atoms with E-state index in [1.54, 1.807) is 17.0 Å². The van der Waals surface area contributed by atoms with Gasteiger partial charge in [0.1, 0.15) is 29.3 Å². The van der Waals surface area contributed by atoms with E-state index >= 15 is 4.39 Å². The number of aromatic nitrogens is 1. The van der Waals surface area contributed by atoms with Crippen LogP contribution in [0.5, 0.6) is 0 Å². The predicted octanol–water partition coefficient (Wildman–Crippen LogP) is 3.09. The van der Waals surface area contributed by atoms with Crippen LogP contribution in [0.15, 0.2) is 36.9 Å². The fourth-order valence-corrected chi connectivity index (χ4v) is 6.75. The van der Waals surface area contributed by atoms with Crippen molar-refractivity contribution in [2.75, 3.05) is 81.1 Å². The van der Waals surface area contributed by atoms with Crippen molar-refractivity contribution in [1.29, 1.82) is 5.26 Å². The van der Waals surface area contributed by atoms with E-state index in [2.05, 4.69) is 32.6 Å². The van der Waals surface area contributed by atoms with Crippen molar-refractivity contribution in [3.05, 3.63) is 59.6 Å². The Morgan fingerprint density at radius 3 is 2.64 bits per heavy atom. The summed E-state index contributed by atoms with van der Waals surface area (Å²) in [5.74, 6) is 1.22. The largest absolute Gasteiger partial charge is 0.417 e. The van der Waals surface area contributed by atoms with Crippen LogP contribution in [-0.4, -0.2) is 109 Å². The molecule has 1 aromatic carbocycles. The van der Waals surface area contributed by atoms with Crippen LogP contribution in [0.1, 0.15) is 23.2 Å². The number of aryl methyl sites for hydroxylation is 1. The Labute approximate surface area is 271 Å². The number of nitriles is 1. The number of anilines is 3. The van der Waals surface area contributed by atoms with Gasteiger partial charge in [0.05, 0.1) is 29.0 Å². The Bertz CT molecular complexity index is 1640. The molecule has 0 bridgehead atoms. The van der Waals surface area contributed by atoms with Crippen LogP contribution in [-0.2, 0) is 15.8 Å². The third-order valence-corrected chi connectivity index (χ3v) is 9.13. The van der Waals surface area contributed by atoms with Crippen molar-refractivity contribution in [3.8, 4) is 18.4 Å². The van der Waals surface area contributed by atoms with Gasteiger partial charge in [0.2, 0.25) is 11.8 Å². The molecule has 10 nitrogen and oxygen atoms in total. The highest BCUT2D eigenvalue weighted by Crippen LogP contribution is 2.37. The van der Waals surface area contributed by atoms with Gasteiger partial charge < -0.3 is 20.0 Å². The number of fused-ring (bicyclic) bond motifs is 1. The van der Waals surface area contributed by atoms with Crippen molar-refractivity contribution >= 4 is 29.0 Å². The molecule has 4 heterocycles. The summed E-state index contributed by atoms with van der Waals surface area (Å²) in [6, 6.07) is 5.77. The minimum atomic E-state index is -4.80. The van der Waals surface area contributed by atoms with E-state index in [0.29, 0.717) is 58.0 Å². The fraction of sp³-hybridized carbons (Fsp3) is 0.455. The number of carbonyl (C=O) groups excluding carboxylic acids is 2. The number of rotatable bonds is 7. The fourth-order valence-electron chi connectivity index (χ4n) is 6.75. The molecule has 1 unspecified atom stereocenters. The summed E-state index contributed by atoms with van der Waals surface area (Å²) in [5, 5.41) is 12.5. The van der Waals surface area contributed by atoms with Gasteiger partial charge in [-0.15, -0.1) is 6.42 Å². The Hall–Kier alpha value is -4.66. The summed E-state index contributed by atoms with van der Waals surface area (Å²) in [4.78, 5) is 39.3. The number of nitrogens with zero attached hydrogens (tertiary/aromatic N) is 7. The number of alkyl halides is 3. The lowest BCUT2D eigenvalue weighted by molar-refractivity contribution is -0.147. The minimum Gasteiger partial charge on any atom is -0.366 e. The summed E-state index contributed by atoms with van der Waals surface area (Å²) in [6.07, 6.45) is 2.23. The molecule has 0 saturated carbocycles. The maximum absolute atomic E-state index is 15.5. The molecule has 3 aliphatic heterocycles. The summed E-state index contributed by atoms with van der Waals surface area (Å²) in [6.45, 7) is 9.61. The summed E-state index contributed by atoms with van der Waals surface area (Å²) in [7, 11) is 1.48. The number of carbonyl (C=O) groups is 2. The Kier molecular flexibility index (Phi) is 9.48. The zero-order chi connectivity index (χ0) is 34.1. The Morgan fingerprint density at radius 1 is 1.23 bits per heavy atom. The van der Waals surface area contributed by atoms with E-state index in [1.807, 2.05) is 4.90 Å². The normalized spacial score (nSPS) is 20.0. The summed E-state index contributed by atoms with van der Waals surface area (Å²) < 4.78 is 56.8.